The highest BCUT2D eigenvalue weighted by atomic mass is 79.9. The average Bonchev–Trinajstić information content (AvgIpc) is 3.14. The Hall–Kier alpha value is -4.11. The molecule has 1 aliphatic heterocycles. The number of anilines is 1. The standard InChI is InChI=1S/C28H26BrN3O5/c1-17-11-21(29)22(12-18(17)2)30-26(33)16-37-24-10-9-20(14-25(24)36-3)13-23-27(34)32(28(35)31-23)15-19-7-5-4-6-8-19/h4-14H,15-16H2,1-3H3,(H,30,33)(H,31,35)/b23-13+. The zero-order valence-corrected chi connectivity index (χ0v) is 22.2. The van der Waals surface area contributed by atoms with Gasteiger partial charge in [0.15, 0.2) is 18.1 Å². The number of amides is 4. The number of benzene rings is 3. The molecule has 1 heterocycles. The van der Waals surface area contributed by atoms with E-state index in [2.05, 4.69) is 26.6 Å². The molecule has 1 fully saturated rings. The van der Waals surface area contributed by atoms with Gasteiger partial charge in [0.2, 0.25) is 0 Å². The van der Waals surface area contributed by atoms with Crippen LogP contribution in [0.3, 0.4) is 0 Å². The number of aryl methyl sites for hydroxylation is 2. The van der Waals surface area contributed by atoms with Crippen molar-refractivity contribution >= 4 is 45.5 Å². The molecule has 0 aliphatic carbocycles. The molecule has 4 rings (SSSR count). The molecule has 37 heavy (non-hydrogen) atoms. The number of hydrogen-bond acceptors (Lipinski definition) is 5. The van der Waals surface area contributed by atoms with Gasteiger partial charge in [-0.15, -0.1) is 0 Å². The fraction of sp³-hybridized carbons (Fsp3) is 0.179. The number of urea groups is 1. The Balaban J connectivity index is 1.42. The van der Waals surface area contributed by atoms with Crippen LogP contribution in [0.5, 0.6) is 11.5 Å². The molecule has 3 aromatic rings. The Morgan fingerprint density at radius 2 is 1.76 bits per heavy atom. The third kappa shape index (κ3) is 6.18. The van der Waals surface area contributed by atoms with E-state index in [0.717, 1.165) is 26.1 Å². The van der Waals surface area contributed by atoms with Crippen LogP contribution < -0.4 is 20.1 Å². The van der Waals surface area contributed by atoms with Crippen molar-refractivity contribution in [3.8, 4) is 11.5 Å². The average molecular weight is 564 g/mol. The van der Waals surface area contributed by atoms with E-state index in [1.165, 1.54) is 7.11 Å². The molecule has 0 bridgehead atoms. The lowest BCUT2D eigenvalue weighted by Crippen LogP contribution is -2.30. The van der Waals surface area contributed by atoms with E-state index in [-0.39, 0.29) is 24.8 Å². The van der Waals surface area contributed by atoms with Gasteiger partial charge in [0, 0.05) is 4.47 Å². The molecule has 0 unspecified atom stereocenters. The molecular formula is C28H26BrN3O5. The molecule has 4 amide bonds. The number of nitrogens with one attached hydrogen (secondary N) is 2. The fourth-order valence-electron chi connectivity index (χ4n) is 3.75. The first-order valence-electron chi connectivity index (χ1n) is 11.5. The van der Waals surface area contributed by atoms with Crippen LogP contribution in [-0.2, 0) is 16.1 Å². The van der Waals surface area contributed by atoms with E-state index in [1.807, 2.05) is 56.3 Å². The van der Waals surface area contributed by atoms with Crippen LogP contribution in [-0.4, -0.2) is 36.5 Å². The molecule has 0 saturated carbocycles. The van der Waals surface area contributed by atoms with Crippen LogP contribution in [0.1, 0.15) is 22.3 Å². The number of rotatable bonds is 8. The number of methoxy groups -OCH3 is 1. The summed E-state index contributed by atoms with van der Waals surface area (Å²) in [5, 5.41) is 5.45. The Kier molecular flexibility index (Phi) is 7.93. The van der Waals surface area contributed by atoms with Crippen LogP contribution in [0.25, 0.3) is 6.08 Å². The Labute approximate surface area is 223 Å². The summed E-state index contributed by atoms with van der Waals surface area (Å²) in [4.78, 5) is 38.8. The molecule has 0 atom stereocenters. The molecule has 1 aliphatic rings. The monoisotopic (exact) mass is 563 g/mol. The van der Waals surface area contributed by atoms with Crippen LogP contribution in [0, 0.1) is 13.8 Å². The number of ether oxygens (including phenoxy) is 2. The second-order valence-electron chi connectivity index (χ2n) is 8.53. The van der Waals surface area contributed by atoms with Crippen molar-refractivity contribution in [2.24, 2.45) is 0 Å². The maximum atomic E-state index is 12.8. The van der Waals surface area contributed by atoms with Gasteiger partial charge in [0.05, 0.1) is 19.3 Å². The first-order chi connectivity index (χ1) is 17.7. The number of halogens is 1. The number of carbonyl (C=O) groups excluding carboxylic acids is 3. The van der Waals surface area contributed by atoms with Crippen LogP contribution in [0.2, 0.25) is 0 Å². The number of hydrogen-bond donors (Lipinski definition) is 2. The minimum Gasteiger partial charge on any atom is -0.493 e. The molecule has 0 radical (unpaired) electrons. The molecule has 190 valence electrons. The summed E-state index contributed by atoms with van der Waals surface area (Å²) in [5.74, 6) is 0.0103. The first-order valence-corrected chi connectivity index (χ1v) is 12.3. The highest BCUT2D eigenvalue weighted by Crippen LogP contribution is 2.30. The summed E-state index contributed by atoms with van der Waals surface area (Å²) in [6.07, 6.45) is 1.57. The van der Waals surface area contributed by atoms with Gasteiger partial charge in [0.25, 0.3) is 11.8 Å². The summed E-state index contributed by atoms with van der Waals surface area (Å²) >= 11 is 3.47. The zero-order valence-electron chi connectivity index (χ0n) is 20.6. The lowest BCUT2D eigenvalue weighted by Gasteiger charge is -2.13. The van der Waals surface area contributed by atoms with E-state index < -0.39 is 11.9 Å². The highest BCUT2D eigenvalue weighted by Gasteiger charge is 2.33. The van der Waals surface area contributed by atoms with Crippen molar-refractivity contribution in [2.75, 3.05) is 19.0 Å². The minimum absolute atomic E-state index is 0.162. The Morgan fingerprint density at radius 1 is 1.03 bits per heavy atom. The fourth-order valence-corrected chi connectivity index (χ4v) is 4.30. The second kappa shape index (κ2) is 11.3. The van der Waals surface area contributed by atoms with Crippen LogP contribution >= 0.6 is 15.9 Å². The first kappa shape index (κ1) is 26.0. The van der Waals surface area contributed by atoms with Gasteiger partial charge in [-0.2, -0.15) is 0 Å². The lowest BCUT2D eigenvalue weighted by atomic mass is 10.1. The maximum absolute atomic E-state index is 12.8. The summed E-state index contributed by atoms with van der Waals surface area (Å²) < 4.78 is 11.9. The van der Waals surface area contributed by atoms with E-state index in [0.29, 0.717) is 22.7 Å². The molecule has 1 saturated heterocycles. The smallest absolute Gasteiger partial charge is 0.329 e. The van der Waals surface area contributed by atoms with Gasteiger partial charge in [0.1, 0.15) is 5.70 Å². The van der Waals surface area contributed by atoms with Gasteiger partial charge < -0.3 is 20.1 Å². The predicted octanol–water partition coefficient (Wildman–Crippen LogP) is 5.18. The Bertz CT molecular complexity index is 1390. The summed E-state index contributed by atoms with van der Waals surface area (Å²) in [6.45, 7) is 3.93. The highest BCUT2D eigenvalue weighted by molar-refractivity contribution is 9.10. The second-order valence-corrected chi connectivity index (χ2v) is 9.38. The van der Waals surface area contributed by atoms with Crippen LogP contribution in [0.4, 0.5) is 10.5 Å². The largest absolute Gasteiger partial charge is 0.493 e. The molecular weight excluding hydrogens is 538 g/mol. The molecule has 3 aromatic carbocycles. The summed E-state index contributed by atoms with van der Waals surface area (Å²) in [7, 11) is 1.48. The molecule has 0 spiro atoms. The normalized spacial score (nSPS) is 14.1. The quantitative estimate of drug-likeness (QED) is 0.290. The van der Waals surface area contributed by atoms with E-state index in [9.17, 15) is 14.4 Å². The topological polar surface area (TPSA) is 97.0 Å². The summed E-state index contributed by atoms with van der Waals surface area (Å²) in [6, 6.07) is 17.7. The van der Waals surface area contributed by atoms with Crippen molar-refractivity contribution in [3.05, 3.63) is 93.1 Å². The van der Waals surface area contributed by atoms with Gasteiger partial charge in [-0.1, -0.05) is 36.4 Å². The van der Waals surface area contributed by atoms with Crippen molar-refractivity contribution in [1.82, 2.24) is 10.2 Å². The minimum atomic E-state index is -0.478. The predicted molar refractivity (Wildman–Crippen MR) is 144 cm³/mol. The van der Waals surface area contributed by atoms with E-state index >= 15 is 0 Å². The molecule has 2 N–H and O–H groups in total. The van der Waals surface area contributed by atoms with Gasteiger partial charge in [-0.25, -0.2) is 4.79 Å². The van der Waals surface area contributed by atoms with Crippen molar-refractivity contribution in [1.29, 1.82) is 0 Å². The number of carbonyl (C=O) groups is 3. The van der Waals surface area contributed by atoms with E-state index in [1.54, 1.807) is 24.3 Å². The Morgan fingerprint density at radius 3 is 2.49 bits per heavy atom. The maximum Gasteiger partial charge on any atom is 0.329 e. The SMILES string of the molecule is COc1cc(/C=C2/NC(=O)N(Cc3ccccc3)C2=O)ccc1OCC(=O)Nc1cc(C)c(C)cc1Br. The molecule has 8 nitrogen and oxygen atoms in total. The number of nitrogens with zero attached hydrogens (tertiary/aromatic N) is 1. The van der Waals surface area contributed by atoms with Crippen molar-refractivity contribution < 1.29 is 23.9 Å². The third-order valence-electron chi connectivity index (χ3n) is 5.86. The van der Waals surface area contributed by atoms with Crippen LogP contribution in [0.15, 0.2) is 70.8 Å². The number of imide groups is 1. The van der Waals surface area contributed by atoms with Gasteiger partial charge >= 0.3 is 6.03 Å². The van der Waals surface area contributed by atoms with E-state index in [4.69, 9.17) is 9.47 Å². The molecule has 9 heteroatoms. The van der Waals surface area contributed by atoms with Gasteiger partial charge in [-0.3, -0.25) is 14.5 Å². The van der Waals surface area contributed by atoms with Crippen molar-refractivity contribution in [2.45, 2.75) is 20.4 Å². The summed E-state index contributed by atoms with van der Waals surface area (Å²) in [5.41, 5.74) is 4.47. The lowest BCUT2D eigenvalue weighted by molar-refractivity contribution is -0.123. The molecule has 0 aromatic heterocycles. The van der Waals surface area contributed by atoms with Crippen molar-refractivity contribution in [3.63, 3.8) is 0 Å². The van der Waals surface area contributed by atoms with Gasteiger partial charge in [-0.05, 0) is 82.4 Å². The zero-order chi connectivity index (χ0) is 26.5. The third-order valence-corrected chi connectivity index (χ3v) is 6.52.